The second-order valence-corrected chi connectivity index (χ2v) is 5.37. The van der Waals surface area contributed by atoms with Crippen molar-refractivity contribution in [2.45, 2.75) is 25.3 Å². The molecule has 0 spiro atoms. The predicted octanol–water partition coefficient (Wildman–Crippen LogP) is 1.18. The Labute approximate surface area is 106 Å². The second kappa shape index (κ2) is 4.58. The zero-order valence-electron chi connectivity index (χ0n) is 10.4. The molecule has 2 aliphatic heterocycles. The van der Waals surface area contributed by atoms with Crippen molar-refractivity contribution >= 4 is 0 Å². The molecule has 3 heterocycles. The SMILES string of the molecule is N#CCCN1CC2C[C@@H](C1)c1cccc(=O)n1C2. The number of nitrogens with zero attached hydrogens (tertiary/aromatic N) is 3. The Hall–Kier alpha value is -1.60. The number of fused-ring (bicyclic) bond motifs is 4. The highest BCUT2D eigenvalue weighted by molar-refractivity contribution is 5.16. The number of aromatic nitrogens is 1. The van der Waals surface area contributed by atoms with Gasteiger partial charge in [0, 0.05) is 50.3 Å². The largest absolute Gasteiger partial charge is 0.312 e. The van der Waals surface area contributed by atoms with Gasteiger partial charge in [0.25, 0.3) is 5.56 Å². The lowest BCUT2D eigenvalue weighted by atomic mass is 9.83. The van der Waals surface area contributed by atoms with Gasteiger partial charge in [0.05, 0.1) is 6.07 Å². The quantitative estimate of drug-likeness (QED) is 0.783. The van der Waals surface area contributed by atoms with Crippen LogP contribution in [0.25, 0.3) is 0 Å². The lowest BCUT2D eigenvalue weighted by Crippen LogP contribution is -2.47. The van der Waals surface area contributed by atoms with Crippen LogP contribution in [-0.4, -0.2) is 29.1 Å². The molecule has 1 unspecified atom stereocenters. The minimum atomic E-state index is 0.132. The van der Waals surface area contributed by atoms with Gasteiger partial charge in [0.1, 0.15) is 0 Å². The summed E-state index contributed by atoms with van der Waals surface area (Å²) >= 11 is 0. The van der Waals surface area contributed by atoms with Gasteiger partial charge in [-0.25, -0.2) is 0 Å². The Morgan fingerprint density at radius 1 is 1.33 bits per heavy atom. The number of nitriles is 1. The smallest absolute Gasteiger partial charge is 0.250 e. The van der Waals surface area contributed by atoms with Crippen molar-refractivity contribution in [3.05, 3.63) is 34.2 Å². The van der Waals surface area contributed by atoms with Gasteiger partial charge in [0.15, 0.2) is 0 Å². The fourth-order valence-electron chi connectivity index (χ4n) is 3.39. The normalized spacial score (nSPS) is 26.4. The molecule has 0 aliphatic carbocycles. The molecule has 1 saturated heterocycles. The number of hydrogen-bond donors (Lipinski definition) is 0. The van der Waals surface area contributed by atoms with E-state index in [1.165, 1.54) is 12.1 Å². The first-order chi connectivity index (χ1) is 8.78. The standard InChI is InChI=1S/C14H17N3O/c15-5-2-6-16-8-11-7-12(10-16)13-3-1-4-14(18)17(13)9-11/h1,3-4,11-12H,2,6-10H2/t11?,12-/m0/s1. The summed E-state index contributed by atoms with van der Waals surface area (Å²) in [5.74, 6) is 1.03. The first-order valence-corrected chi connectivity index (χ1v) is 6.57. The fraction of sp³-hybridized carbons (Fsp3) is 0.571. The zero-order chi connectivity index (χ0) is 12.5. The van der Waals surface area contributed by atoms with Gasteiger partial charge in [-0.3, -0.25) is 4.79 Å². The van der Waals surface area contributed by atoms with E-state index in [0.717, 1.165) is 26.2 Å². The lowest BCUT2D eigenvalue weighted by molar-refractivity contribution is 0.122. The Morgan fingerprint density at radius 3 is 3.06 bits per heavy atom. The molecule has 2 bridgehead atoms. The zero-order valence-corrected chi connectivity index (χ0v) is 10.4. The summed E-state index contributed by atoms with van der Waals surface area (Å²) in [5, 5.41) is 8.67. The highest BCUT2D eigenvalue weighted by atomic mass is 16.1. The molecule has 94 valence electrons. The van der Waals surface area contributed by atoms with E-state index in [-0.39, 0.29) is 5.56 Å². The van der Waals surface area contributed by atoms with E-state index in [1.54, 1.807) is 6.07 Å². The van der Waals surface area contributed by atoms with Gasteiger partial charge < -0.3 is 9.47 Å². The summed E-state index contributed by atoms with van der Waals surface area (Å²) in [7, 11) is 0. The van der Waals surface area contributed by atoms with E-state index >= 15 is 0 Å². The molecule has 1 aromatic rings. The van der Waals surface area contributed by atoms with Crippen LogP contribution < -0.4 is 5.56 Å². The maximum Gasteiger partial charge on any atom is 0.250 e. The summed E-state index contributed by atoms with van der Waals surface area (Å²) in [6.07, 6.45) is 1.79. The molecular weight excluding hydrogens is 226 g/mol. The topological polar surface area (TPSA) is 49.0 Å². The molecule has 18 heavy (non-hydrogen) atoms. The van der Waals surface area contributed by atoms with E-state index in [9.17, 15) is 4.79 Å². The van der Waals surface area contributed by atoms with Crippen molar-refractivity contribution in [2.75, 3.05) is 19.6 Å². The highest BCUT2D eigenvalue weighted by Gasteiger charge is 2.33. The average Bonchev–Trinajstić information content (AvgIpc) is 2.38. The van der Waals surface area contributed by atoms with Crippen molar-refractivity contribution in [1.29, 1.82) is 5.26 Å². The first kappa shape index (κ1) is 11.5. The van der Waals surface area contributed by atoms with Crippen LogP contribution in [0.5, 0.6) is 0 Å². The van der Waals surface area contributed by atoms with Crippen molar-refractivity contribution in [1.82, 2.24) is 9.47 Å². The molecule has 2 atom stereocenters. The molecule has 4 heteroatoms. The Bertz CT molecular complexity index is 543. The Kier molecular flexibility index (Phi) is 2.92. The molecule has 4 nitrogen and oxygen atoms in total. The predicted molar refractivity (Wildman–Crippen MR) is 68.2 cm³/mol. The summed E-state index contributed by atoms with van der Waals surface area (Å²) in [4.78, 5) is 14.2. The minimum Gasteiger partial charge on any atom is -0.312 e. The number of rotatable bonds is 2. The van der Waals surface area contributed by atoms with Crippen LogP contribution in [0.4, 0.5) is 0 Å². The molecule has 0 radical (unpaired) electrons. The van der Waals surface area contributed by atoms with Gasteiger partial charge in [-0.05, 0) is 18.4 Å². The molecule has 1 aromatic heterocycles. The van der Waals surface area contributed by atoms with E-state index in [1.807, 2.05) is 10.6 Å². The molecular formula is C14H17N3O. The average molecular weight is 243 g/mol. The van der Waals surface area contributed by atoms with Crippen LogP contribution in [0.3, 0.4) is 0 Å². The molecule has 0 amide bonds. The number of pyridine rings is 1. The fourth-order valence-corrected chi connectivity index (χ4v) is 3.39. The number of hydrogen-bond acceptors (Lipinski definition) is 3. The Balaban J connectivity index is 1.86. The van der Waals surface area contributed by atoms with E-state index in [4.69, 9.17) is 5.26 Å². The molecule has 1 fully saturated rings. The molecule has 2 aliphatic rings. The van der Waals surface area contributed by atoms with Crippen LogP contribution in [0, 0.1) is 17.2 Å². The second-order valence-electron chi connectivity index (χ2n) is 5.37. The summed E-state index contributed by atoms with van der Waals surface area (Å²) in [6.45, 7) is 3.72. The third-order valence-corrected chi connectivity index (χ3v) is 4.10. The van der Waals surface area contributed by atoms with Crippen molar-refractivity contribution in [3.8, 4) is 6.07 Å². The van der Waals surface area contributed by atoms with Gasteiger partial charge >= 0.3 is 0 Å². The van der Waals surface area contributed by atoms with Gasteiger partial charge in [-0.1, -0.05) is 6.07 Å². The van der Waals surface area contributed by atoms with Crippen LogP contribution >= 0.6 is 0 Å². The van der Waals surface area contributed by atoms with Crippen LogP contribution in [0.2, 0.25) is 0 Å². The highest BCUT2D eigenvalue weighted by Crippen LogP contribution is 2.34. The van der Waals surface area contributed by atoms with Gasteiger partial charge in [-0.15, -0.1) is 0 Å². The van der Waals surface area contributed by atoms with Crippen molar-refractivity contribution in [3.63, 3.8) is 0 Å². The number of likely N-dealkylation sites (tertiary alicyclic amines) is 1. The van der Waals surface area contributed by atoms with Gasteiger partial charge in [0.2, 0.25) is 0 Å². The third-order valence-electron chi connectivity index (χ3n) is 4.10. The first-order valence-electron chi connectivity index (χ1n) is 6.57. The summed E-state index contributed by atoms with van der Waals surface area (Å²) in [6, 6.07) is 7.81. The van der Waals surface area contributed by atoms with Crippen molar-refractivity contribution in [2.24, 2.45) is 5.92 Å². The molecule has 0 aromatic carbocycles. The van der Waals surface area contributed by atoms with Gasteiger partial charge in [-0.2, -0.15) is 5.26 Å². The summed E-state index contributed by atoms with van der Waals surface area (Å²) in [5.41, 5.74) is 1.31. The molecule has 3 rings (SSSR count). The van der Waals surface area contributed by atoms with Crippen LogP contribution in [0.1, 0.15) is 24.5 Å². The van der Waals surface area contributed by atoms with E-state index in [2.05, 4.69) is 17.0 Å². The monoisotopic (exact) mass is 243 g/mol. The Morgan fingerprint density at radius 2 is 2.22 bits per heavy atom. The van der Waals surface area contributed by atoms with E-state index < -0.39 is 0 Å². The van der Waals surface area contributed by atoms with Crippen LogP contribution in [0.15, 0.2) is 23.0 Å². The molecule has 0 N–H and O–H groups in total. The van der Waals surface area contributed by atoms with Crippen LogP contribution in [-0.2, 0) is 6.54 Å². The summed E-state index contributed by atoms with van der Waals surface area (Å²) < 4.78 is 1.94. The molecule has 0 saturated carbocycles. The van der Waals surface area contributed by atoms with E-state index in [0.29, 0.717) is 18.3 Å². The maximum absolute atomic E-state index is 11.9. The van der Waals surface area contributed by atoms with Crippen molar-refractivity contribution < 1.29 is 0 Å². The lowest BCUT2D eigenvalue weighted by Gasteiger charge is -2.42. The maximum atomic E-state index is 11.9. The third kappa shape index (κ3) is 1.95. The number of piperidine rings is 1. The minimum absolute atomic E-state index is 0.132.